The molecular formula is C7H11B3Ru. The fourth-order valence-corrected chi connectivity index (χ4v) is 0.529. The van der Waals surface area contributed by atoms with Gasteiger partial charge in [-0.3, -0.25) is 0 Å². The van der Waals surface area contributed by atoms with Gasteiger partial charge in [-0.2, -0.15) is 0 Å². The van der Waals surface area contributed by atoms with E-state index >= 15 is 0 Å². The molecule has 0 aromatic carbocycles. The van der Waals surface area contributed by atoms with E-state index in [1.807, 2.05) is 14.1 Å². The number of hydrogen-bond donors (Lipinski definition) is 0. The van der Waals surface area contributed by atoms with Crippen molar-refractivity contribution >= 4 is 22.0 Å². The van der Waals surface area contributed by atoms with Crippen molar-refractivity contribution in [3.63, 3.8) is 0 Å². The maximum absolute atomic E-state index is 4.96. The van der Waals surface area contributed by atoms with Crippen molar-refractivity contribution in [2.45, 2.75) is 19.7 Å². The first-order valence-corrected chi connectivity index (χ1v) is 3.60. The minimum Gasteiger partial charge on any atom is -0.0923 e. The van der Waals surface area contributed by atoms with Gasteiger partial charge in [0.25, 0.3) is 0 Å². The minimum absolute atomic E-state index is 0. The SMILES string of the molecule is C1=CCC=C1.[B][B][B]CC.[Ru]. The molecule has 0 N–H and O–H groups in total. The van der Waals surface area contributed by atoms with Crippen LogP contribution in [-0.4, -0.2) is 22.0 Å². The zero-order valence-electron chi connectivity index (χ0n) is 6.81. The quantitative estimate of drug-likeness (QED) is 0.626. The molecule has 0 spiro atoms. The minimum atomic E-state index is 0. The Bertz CT molecular complexity index is 100. The molecule has 1 aliphatic rings. The zero-order chi connectivity index (χ0) is 7.66. The zero-order valence-corrected chi connectivity index (χ0v) is 8.55. The molecule has 56 valence electrons. The summed E-state index contributed by atoms with van der Waals surface area (Å²) in [5.41, 5.74) is 0. The number of allylic oxidation sites excluding steroid dienone is 4. The number of rotatable bonds is 2. The molecule has 0 amide bonds. The molecule has 0 unspecified atom stereocenters. The molecule has 0 aliphatic heterocycles. The summed E-state index contributed by atoms with van der Waals surface area (Å²) in [6, 6.07) is 0. The van der Waals surface area contributed by atoms with Crippen LogP contribution >= 0.6 is 0 Å². The van der Waals surface area contributed by atoms with Gasteiger partial charge in [0.2, 0.25) is 0 Å². The van der Waals surface area contributed by atoms with Gasteiger partial charge in [0, 0.05) is 34.3 Å². The monoisotopic (exact) mass is 230 g/mol. The van der Waals surface area contributed by atoms with Crippen molar-refractivity contribution in [3.8, 4) is 0 Å². The molecule has 0 aromatic heterocycles. The van der Waals surface area contributed by atoms with Crippen LogP contribution in [0.25, 0.3) is 0 Å². The smallest absolute Gasteiger partial charge is 0.0541 e. The molecule has 0 saturated heterocycles. The second-order valence-corrected chi connectivity index (χ2v) is 1.93. The molecule has 0 atom stereocenters. The molecule has 0 fully saturated rings. The molecule has 0 bridgehead atoms. The molecule has 4 heteroatoms. The maximum Gasteiger partial charge on any atom is 0.0541 e. The predicted octanol–water partition coefficient (Wildman–Crippen LogP) is 1.33. The number of hydrogen-bond acceptors (Lipinski definition) is 0. The summed E-state index contributed by atoms with van der Waals surface area (Å²) >= 11 is 0. The summed E-state index contributed by atoms with van der Waals surface area (Å²) < 4.78 is 0. The van der Waals surface area contributed by atoms with Gasteiger partial charge in [-0.25, -0.2) is 0 Å². The van der Waals surface area contributed by atoms with E-state index in [-0.39, 0.29) is 19.5 Å². The summed E-state index contributed by atoms with van der Waals surface area (Å²) in [6.45, 7) is 2.04. The van der Waals surface area contributed by atoms with E-state index in [0.717, 1.165) is 12.7 Å². The summed E-state index contributed by atoms with van der Waals surface area (Å²) in [7, 11) is 8.42. The van der Waals surface area contributed by atoms with Gasteiger partial charge in [-0.05, 0) is 6.42 Å². The van der Waals surface area contributed by atoms with Gasteiger partial charge in [0.1, 0.15) is 0 Å². The summed E-state index contributed by atoms with van der Waals surface area (Å²) in [6.07, 6.45) is 10.5. The van der Waals surface area contributed by atoms with E-state index in [1.165, 1.54) is 0 Å². The van der Waals surface area contributed by atoms with Gasteiger partial charge in [0.15, 0.2) is 0 Å². The second-order valence-electron chi connectivity index (χ2n) is 1.93. The average Bonchev–Trinajstić information content (AvgIpc) is 2.44. The molecule has 4 radical (unpaired) electrons. The Labute approximate surface area is 85.5 Å². The van der Waals surface area contributed by atoms with E-state index in [0.29, 0.717) is 0 Å². The van der Waals surface area contributed by atoms with Crippen LogP contribution in [0, 0.1) is 0 Å². The Balaban J connectivity index is 0. The second kappa shape index (κ2) is 12.9. The maximum atomic E-state index is 4.96. The molecule has 0 aromatic rings. The first-order chi connectivity index (χ1) is 4.91. The Kier molecular flexibility index (Phi) is 16.3. The van der Waals surface area contributed by atoms with Gasteiger partial charge in [-0.1, -0.05) is 37.5 Å². The van der Waals surface area contributed by atoms with Crippen LogP contribution in [0.15, 0.2) is 24.3 Å². The summed E-state index contributed by atoms with van der Waals surface area (Å²) in [4.78, 5) is 0. The van der Waals surface area contributed by atoms with E-state index in [4.69, 9.17) is 7.74 Å². The van der Waals surface area contributed by atoms with E-state index in [1.54, 1.807) is 7.06 Å². The van der Waals surface area contributed by atoms with Crippen LogP contribution in [-0.2, 0) is 19.5 Å². The third kappa shape index (κ3) is 13.3. The molecule has 11 heavy (non-hydrogen) atoms. The van der Waals surface area contributed by atoms with Crippen molar-refractivity contribution in [1.29, 1.82) is 0 Å². The summed E-state index contributed by atoms with van der Waals surface area (Å²) in [5, 5.41) is 0. The van der Waals surface area contributed by atoms with Gasteiger partial charge < -0.3 is 0 Å². The van der Waals surface area contributed by atoms with Crippen molar-refractivity contribution in [2.75, 3.05) is 0 Å². The van der Waals surface area contributed by atoms with Crippen molar-refractivity contribution in [3.05, 3.63) is 24.3 Å². The van der Waals surface area contributed by atoms with Crippen LogP contribution in [0.2, 0.25) is 6.32 Å². The van der Waals surface area contributed by atoms with Gasteiger partial charge in [0.05, 0.1) is 7.17 Å². The van der Waals surface area contributed by atoms with Crippen LogP contribution in [0.3, 0.4) is 0 Å². The third-order valence-electron chi connectivity index (χ3n) is 1.03. The Morgan fingerprint density at radius 3 is 2.00 bits per heavy atom. The Morgan fingerprint density at radius 1 is 1.36 bits per heavy atom. The van der Waals surface area contributed by atoms with Crippen molar-refractivity contribution < 1.29 is 19.5 Å². The third-order valence-corrected chi connectivity index (χ3v) is 1.03. The van der Waals surface area contributed by atoms with Crippen LogP contribution in [0.5, 0.6) is 0 Å². The van der Waals surface area contributed by atoms with Crippen LogP contribution in [0.4, 0.5) is 0 Å². The van der Waals surface area contributed by atoms with Crippen molar-refractivity contribution in [2.24, 2.45) is 0 Å². The molecular weight excluding hydrogens is 218 g/mol. The molecule has 0 heterocycles. The van der Waals surface area contributed by atoms with Crippen LogP contribution in [0.1, 0.15) is 13.3 Å². The Morgan fingerprint density at radius 2 is 1.91 bits per heavy atom. The topological polar surface area (TPSA) is 0 Å². The predicted molar refractivity (Wildman–Crippen MR) is 50.6 cm³/mol. The average molecular weight is 229 g/mol. The molecule has 0 nitrogen and oxygen atoms in total. The van der Waals surface area contributed by atoms with E-state index < -0.39 is 0 Å². The molecule has 1 rings (SSSR count). The Hall–Kier alpha value is 0.298. The van der Waals surface area contributed by atoms with Gasteiger partial charge >= 0.3 is 0 Å². The van der Waals surface area contributed by atoms with E-state index in [9.17, 15) is 0 Å². The van der Waals surface area contributed by atoms with Gasteiger partial charge in [-0.15, -0.1) is 0 Å². The van der Waals surface area contributed by atoms with E-state index in [2.05, 4.69) is 24.3 Å². The fourth-order valence-electron chi connectivity index (χ4n) is 0.529. The first kappa shape index (κ1) is 13.9. The summed E-state index contributed by atoms with van der Waals surface area (Å²) in [5.74, 6) is 0. The standard InChI is InChI=1S/C5H6.C2H5B3.Ru/c1-2-4-5-3-1;1-2-4-5-3;/h1-4H,5H2;2H2,1H3;. The fraction of sp³-hybridized carbons (Fsp3) is 0.429. The molecule has 1 aliphatic carbocycles. The van der Waals surface area contributed by atoms with Crippen molar-refractivity contribution in [1.82, 2.24) is 0 Å². The molecule has 0 saturated carbocycles. The largest absolute Gasteiger partial charge is 0.0923 e. The normalized spacial score (nSPS) is 11.0. The van der Waals surface area contributed by atoms with Crippen LogP contribution < -0.4 is 0 Å². The first-order valence-electron chi connectivity index (χ1n) is 3.60.